The highest BCUT2D eigenvalue weighted by molar-refractivity contribution is 5.85. The molecule has 5 unspecified atom stereocenters. The van der Waals surface area contributed by atoms with Crippen molar-refractivity contribution in [3.63, 3.8) is 0 Å². The van der Waals surface area contributed by atoms with Gasteiger partial charge in [0, 0.05) is 0 Å². The second kappa shape index (κ2) is 5.26. The molecule has 102 valence electrons. The van der Waals surface area contributed by atoms with Crippen LogP contribution >= 0.6 is 0 Å². The molecule has 0 spiro atoms. The lowest BCUT2D eigenvalue weighted by atomic mass is 9.88. The van der Waals surface area contributed by atoms with Crippen LogP contribution in [0.15, 0.2) is 0 Å². The number of fused-ring (bicyclic) bond motifs is 2. The fourth-order valence-corrected chi connectivity index (χ4v) is 2.86. The van der Waals surface area contributed by atoms with Crippen LogP contribution in [0.4, 0.5) is 0 Å². The molecular weight excluding hydrogens is 234 g/mol. The number of hydrogen-bond donors (Lipinski definition) is 2. The Balaban J connectivity index is 1.95. The second-order valence-corrected chi connectivity index (χ2v) is 5.43. The summed E-state index contributed by atoms with van der Waals surface area (Å²) in [6.45, 7) is 3.77. The summed E-state index contributed by atoms with van der Waals surface area (Å²) >= 11 is 0. The number of carbonyl (C=O) groups excluding carboxylic acids is 1. The van der Waals surface area contributed by atoms with Crippen LogP contribution in [0, 0.1) is 11.8 Å². The molecule has 5 heteroatoms. The average molecular weight is 255 g/mol. The van der Waals surface area contributed by atoms with Crippen molar-refractivity contribution in [1.29, 1.82) is 0 Å². The zero-order valence-electron chi connectivity index (χ0n) is 10.9. The third-order valence-electron chi connectivity index (χ3n) is 4.22. The quantitative estimate of drug-likeness (QED) is 0.773. The van der Waals surface area contributed by atoms with Gasteiger partial charge in [0.25, 0.3) is 0 Å². The predicted octanol–water partition coefficient (Wildman–Crippen LogP) is 1.17. The number of ether oxygens (including phenoxy) is 1. The van der Waals surface area contributed by atoms with Gasteiger partial charge in [0.15, 0.2) is 0 Å². The molecule has 1 amide bonds. The minimum absolute atomic E-state index is 0.00128. The van der Waals surface area contributed by atoms with Crippen LogP contribution in [0.5, 0.6) is 0 Å². The Morgan fingerprint density at radius 2 is 2.17 bits per heavy atom. The maximum absolute atomic E-state index is 12.1. The van der Waals surface area contributed by atoms with Crippen molar-refractivity contribution >= 4 is 11.9 Å². The van der Waals surface area contributed by atoms with E-state index in [-0.39, 0.29) is 30.0 Å². The second-order valence-electron chi connectivity index (χ2n) is 5.43. The number of carboxylic acid groups (broad SMARTS) is 1. The summed E-state index contributed by atoms with van der Waals surface area (Å²) in [6, 6.07) is -0.790. The third-order valence-corrected chi connectivity index (χ3v) is 4.22. The summed E-state index contributed by atoms with van der Waals surface area (Å²) in [5.41, 5.74) is 0. The maximum atomic E-state index is 12.1. The Hall–Kier alpha value is -1.10. The molecule has 5 atom stereocenters. The predicted molar refractivity (Wildman–Crippen MR) is 65.0 cm³/mol. The molecule has 5 nitrogen and oxygen atoms in total. The molecule has 0 aromatic heterocycles. The van der Waals surface area contributed by atoms with Crippen LogP contribution in [0.1, 0.15) is 39.5 Å². The van der Waals surface area contributed by atoms with Crippen molar-refractivity contribution in [2.45, 2.75) is 57.8 Å². The SMILES string of the molecule is CCC(C)C(NC(=O)C1CC2CCC1O2)C(=O)O. The number of carboxylic acids is 1. The number of hydrogen-bond acceptors (Lipinski definition) is 3. The lowest BCUT2D eigenvalue weighted by Crippen LogP contribution is -2.48. The van der Waals surface area contributed by atoms with Gasteiger partial charge in [-0.1, -0.05) is 20.3 Å². The van der Waals surface area contributed by atoms with Crippen molar-refractivity contribution < 1.29 is 19.4 Å². The summed E-state index contributed by atoms with van der Waals surface area (Å²) in [5, 5.41) is 11.8. The van der Waals surface area contributed by atoms with Crippen LogP contribution in [0.2, 0.25) is 0 Å². The largest absolute Gasteiger partial charge is 0.480 e. The highest BCUT2D eigenvalue weighted by atomic mass is 16.5. The third kappa shape index (κ3) is 2.51. The molecule has 2 aliphatic heterocycles. The van der Waals surface area contributed by atoms with Crippen LogP contribution in [0.25, 0.3) is 0 Å². The molecular formula is C13H21NO4. The topological polar surface area (TPSA) is 75.6 Å². The smallest absolute Gasteiger partial charge is 0.326 e. The molecule has 0 saturated carbocycles. The van der Waals surface area contributed by atoms with Crippen LogP contribution in [0.3, 0.4) is 0 Å². The molecule has 2 N–H and O–H groups in total. The summed E-state index contributed by atoms with van der Waals surface area (Å²) < 4.78 is 5.63. The van der Waals surface area contributed by atoms with Gasteiger partial charge in [0.2, 0.25) is 5.91 Å². The van der Waals surface area contributed by atoms with E-state index in [9.17, 15) is 9.59 Å². The zero-order chi connectivity index (χ0) is 13.3. The van der Waals surface area contributed by atoms with Gasteiger partial charge in [-0.25, -0.2) is 4.79 Å². The van der Waals surface area contributed by atoms with E-state index in [0.717, 1.165) is 25.7 Å². The van der Waals surface area contributed by atoms with Gasteiger partial charge in [0.1, 0.15) is 6.04 Å². The number of amides is 1. The fourth-order valence-electron chi connectivity index (χ4n) is 2.86. The number of carbonyl (C=O) groups is 2. The van der Waals surface area contributed by atoms with E-state index in [4.69, 9.17) is 9.84 Å². The highest BCUT2D eigenvalue weighted by Gasteiger charge is 2.45. The van der Waals surface area contributed by atoms with Gasteiger partial charge < -0.3 is 15.2 Å². The van der Waals surface area contributed by atoms with Crippen LogP contribution < -0.4 is 5.32 Å². The molecule has 2 saturated heterocycles. The molecule has 2 bridgehead atoms. The Kier molecular flexibility index (Phi) is 3.90. The van der Waals surface area contributed by atoms with Crippen molar-refractivity contribution in [3.8, 4) is 0 Å². The van der Waals surface area contributed by atoms with E-state index >= 15 is 0 Å². The number of nitrogens with one attached hydrogen (secondary N) is 1. The summed E-state index contributed by atoms with van der Waals surface area (Å²) in [4.78, 5) is 23.3. The van der Waals surface area contributed by atoms with Crippen molar-refractivity contribution in [1.82, 2.24) is 5.32 Å². The lowest BCUT2D eigenvalue weighted by molar-refractivity contribution is -0.144. The van der Waals surface area contributed by atoms with Crippen molar-refractivity contribution in [2.24, 2.45) is 11.8 Å². The Morgan fingerprint density at radius 3 is 2.61 bits per heavy atom. The zero-order valence-corrected chi connectivity index (χ0v) is 10.9. The van der Waals surface area contributed by atoms with Gasteiger partial charge in [-0.15, -0.1) is 0 Å². The first-order valence-electron chi connectivity index (χ1n) is 6.71. The van der Waals surface area contributed by atoms with Gasteiger partial charge >= 0.3 is 5.97 Å². The van der Waals surface area contributed by atoms with Crippen molar-refractivity contribution in [3.05, 3.63) is 0 Å². The summed E-state index contributed by atoms with van der Waals surface area (Å²) in [5.74, 6) is -1.34. The van der Waals surface area contributed by atoms with E-state index < -0.39 is 12.0 Å². The normalized spacial score (nSPS) is 33.1. The molecule has 0 aromatic carbocycles. The number of aliphatic carboxylic acids is 1. The van der Waals surface area contributed by atoms with Gasteiger partial charge in [-0.3, -0.25) is 4.79 Å². The van der Waals surface area contributed by atoms with E-state index in [1.807, 2.05) is 13.8 Å². The molecule has 2 fully saturated rings. The van der Waals surface area contributed by atoms with E-state index in [0.29, 0.717) is 0 Å². The lowest BCUT2D eigenvalue weighted by Gasteiger charge is -2.24. The van der Waals surface area contributed by atoms with Crippen LogP contribution in [-0.2, 0) is 14.3 Å². The maximum Gasteiger partial charge on any atom is 0.326 e. The van der Waals surface area contributed by atoms with Gasteiger partial charge in [-0.2, -0.15) is 0 Å². The average Bonchev–Trinajstić information content (AvgIpc) is 2.96. The van der Waals surface area contributed by atoms with E-state index in [1.165, 1.54) is 0 Å². The Morgan fingerprint density at radius 1 is 1.44 bits per heavy atom. The molecule has 18 heavy (non-hydrogen) atoms. The van der Waals surface area contributed by atoms with Crippen molar-refractivity contribution in [2.75, 3.05) is 0 Å². The summed E-state index contributed by atoms with van der Waals surface area (Å²) in [7, 11) is 0. The van der Waals surface area contributed by atoms with E-state index in [1.54, 1.807) is 0 Å². The molecule has 2 aliphatic rings. The first-order valence-corrected chi connectivity index (χ1v) is 6.71. The highest BCUT2D eigenvalue weighted by Crippen LogP contribution is 2.38. The molecule has 0 aromatic rings. The number of rotatable bonds is 5. The summed E-state index contributed by atoms with van der Waals surface area (Å²) in [6.07, 6.45) is 3.62. The van der Waals surface area contributed by atoms with E-state index in [2.05, 4.69) is 5.32 Å². The minimum Gasteiger partial charge on any atom is -0.480 e. The van der Waals surface area contributed by atoms with Gasteiger partial charge in [-0.05, 0) is 25.2 Å². The molecule has 2 rings (SSSR count). The molecule has 2 heterocycles. The first-order chi connectivity index (χ1) is 8.52. The van der Waals surface area contributed by atoms with Crippen LogP contribution in [-0.4, -0.2) is 35.2 Å². The molecule has 0 aliphatic carbocycles. The van der Waals surface area contributed by atoms with Gasteiger partial charge in [0.05, 0.1) is 18.1 Å². The standard InChI is InChI=1S/C13H21NO4/c1-3-7(2)11(13(16)17)14-12(15)9-6-8-4-5-10(9)18-8/h7-11H,3-6H2,1-2H3,(H,14,15)(H,16,17). The fraction of sp³-hybridized carbons (Fsp3) is 0.846. The Labute approximate surface area is 107 Å². The first kappa shape index (κ1) is 13.3. The minimum atomic E-state index is -0.957. The monoisotopic (exact) mass is 255 g/mol. The Bertz CT molecular complexity index is 344. The molecule has 0 radical (unpaired) electrons.